The lowest BCUT2D eigenvalue weighted by molar-refractivity contribution is 0.187. The number of aliphatic imine (C=N–C) groups is 1. The Morgan fingerprint density at radius 3 is 2.74 bits per heavy atom. The highest BCUT2D eigenvalue weighted by atomic mass is 127. The van der Waals surface area contributed by atoms with Crippen LogP contribution in [0.1, 0.15) is 36.6 Å². The highest BCUT2D eigenvalue weighted by Gasteiger charge is 2.21. The van der Waals surface area contributed by atoms with Crippen molar-refractivity contribution in [2.24, 2.45) is 4.99 Å². The minimum Gasteiger partial charge on any atom is -0.493 e. The van der Waals surface area contributed by atoms with Crippen molar-refractivity contribution >= 4 is 29.9 Å². The number of ether oxygens (including phenoxy) is 1. The quantitative estimate of drug-likeness (QED) is 0.345. The maximum Gasteiger partial charge on any atom is 0.191 e. The lowest BCUT2D eigenvalue weighted by Crippen LogP contribution is -2.41. The molecule has 1 aliphatic heterocycles. The smallest absolute Gasteiger partial charge is 0.191 e. The largest absolute Gasteiger partial charge is 0.493 e. The first-order valence-electron chi connectivity index (χ1n) is 8.87. The van der Waals surface area contributed by atoms with Gasteiger partial charge < -0.3 is 20.5 Å². The summed E-state index contributed by atoms with van der Waals surface area (Å²) in [5.41, 5.74) is 1.74. The fourth-order valence-electron chi connectivity index (χ4n) is 2.95. The average Bonchev–Trinajstić information content (AvgIpc) is 2.67. The van der Waals surface area contributed by atoms with Crippen LogP contribution in [0, 0.1) is 5.82 Å². The number of nitrogens with one attached hydrogen (secondary N) is 2. The second-order valence-corrected chi connectivity index (χ2v) is 6.16. The van der Waals surface area contributed by atoms with E-state index in [4.69, 9.17) is 4.74 Å². The molecule has 0 aliphatic carbocycles. The van der Waals surface area contributed by atoms with E-state index in [0.29, 0.717) is 24.7 Å². The number of para-hydroxylation sites is 1. The molecule has 2 atom stereocenters. The number of hydrogen-bond acceptors (Lipinski definition) is 3. The van der Waals surface area contributed by atoms with Crippen LogP contribution in [0.3, 0.4) is 0 Å². The first-order chi connectivity index (χ1) is 12.7. The summed E-state index contributed by atoms with van der Waals surface area (Å²) in [5, 5.41) is 16.9. The van der Waals surface area contributed by atoms with E-state index in [1.54, 1.807) is 12.1 Å². The molecule has 0 spiro atoms. The van der Waals surface area contributed by atoms with Crippen LogP contribution in [0.25, 0.3) is 0 Å². The van der Waals surface area contributed by atoms with Crippen LogP contribution in [0.15, 0.2) is 53.5 Å². The first kappa shape index (κ1) is 21.4. The maximum atomic E-state index is 13.0. The van der Waals surface area contributed by atoms with E-state index in [1.807, 2.05) is 31.2 Å². The molecule has 7 heteroatoms. The van der Waals surface area contributed by atoms with Gasteiger partial charge in [0.15, 0.2) is 5.96 Å². The van der Waals surface area contributed by atoms with Crippen molar-refractivity contribution in [3.63, 3.8) is 0 Å². The molecule has 27 heavy (non-hydrogen) atoms. The molecular weight excluding hydrogens is 460 g/mol. The van der Waals surface area contributed by atoms with E-state index in [2.05, 4.69) is 15.6 Å². The van der Waals surface area contributed by atoms with E-state index in [1.165, 1.54) is 12.1 Å². The number of aliphatic hydroxyl groups excluding tert-OH is 1. The van der Waals surface area contributed by atoms with Crippen molar-refractivity contribution in [1.82, 2.24) is 10.6 Å². The molecule has 3 N–H and O–H groups in total. The molecule has 0 radical (unpaired) electrons. The number of nitrogens with zero attached hydrogens (tertiary/aromatic N) is 1. The van der Waals surface area contributed by atoms with Gasteiger partial charge in [-0.25, -0.2) is 4.39 Å². The molecule has 2 aromatic rings. The Kier molecular flexibility index (Phi) is 8.30. The second-order valence-electron chi connectivity index (χ2n) is 6.16. The number of rotatable bonds is 5. The molecule has 1 heterocycles. The molecule has 2 unspecified atom stereocenters. The van der Waals surface area contributed by atoms with Gasteiger partial charge in [-0.05, 0) is 30.7 Å². The second kappa shape index (κ2) is 10.5. The molecule has 146 valence electrons. The van der Waals surface area contributed by atoms with Gasteiger partial charge in [-0.3, -0.25) is 4.99 Å². The maximum absolute atomic E-state index is 13.0. The highest BCUT2D eigenvalue weighted by molar-refractivity contribution is 14.0. The standard InChI is InChI=1S/C20H24FN3O2.HI/c1-2-22-20(23-13-18(25)14-7-9-15(21)10-8-14)24-17-11-12-26-19-6-4-3-5-16(17)19;/h3-10,17-18,25H,2,11-13H2,1H3,(H2,22,23,24);1H. The number of hydrogen-bond donors (Lipinski definition) is 3. The van der Waals surface area contributed by atoms with Gasteiger partial charge in [0.1, 0.15) is 11.6 Å². The summed E-state index contributed by atoms with van der Waals surface area (Å²) in [6.07, 6.45) is 0.0510. The minimum atomic E-state index is -0.784. The van der Waals surface area contributed by atoms with Crippen molar-refractivity contribution in [3.8, 4) is 5.75 Å². The highest BCUT2D eigenvalue weighted by Crippen LogP contribution is 2.31. The Hall–Kier alpha value is -1.87. The molecule has 0 saturated heterocycles. The van der Waals surface area contributed by atoms with Crippen LogP contribution >= 0.6 is 24.0 Å². The topological polar surface area (TPSA) is 65.9 Å². The van der Waals surface area contributed by atoms with Gasteiger partial charge >= 0.3 is 0 Å². The summed E-state index contributed by atoms with van der Waals surface area (Å²) in [4.78, 5) is 4.49. The summed E-state index contributed by atoms with van der Waals surface area (Å²) in [6.45, 7) is 3.53. The summed E-state index contributed by atoms with van der Waals surface area (Å²) in [6, 6.07) is 13.9. The summed E-state index contributed by atoms with van der Waals surface area (Å²) >= 11 is 0. The zero-order valence-corrected chi connectivity index (χ0v) is 17.5. The van der Waals surface area contributed by atoms with Gasteiger partial charge in [0.25, 0.3) is 0 Å². The summed E-state index contributed by atoms with van der Waals surface area (Å²) in [7, 11) is 0. The van der Waals surface area contributed by atoms with Crippen LogP contribution in [0.4, 0.5) is 4.39 Å². The molecule has 3 rings (SSSR count). The van der Waals surface area contributed by atoms with Crippen molar-refractivity contribution in [3.05, 3.63) is 65.5 Å². The Labute approximate surface area is 176 Å². The van der Waals surface area contributed by atoms with E-state index >= 15 is 0 Å². The third-order valence-corrected chi connectivity index (χ3v) is 4.29. The average molecular weight is 485 g/mol. The Bertz CT molecular complexity index is 755. The Balaban J connectivity index is 0.00000261. The van der Waals surface area contributed by atoms with Crippen LogP contribution < -0.4 is 15.4 Å². The SMILES string of the molecule is CCNC(=NCC(O)c1ccc(F)cc1)NC1CCOc2ccccc21.I. The minimum absolute atomic E-state index is 0. The number of halogens is 2. The van der Waals surface area contributed by atoms with Crippen LogP contribution in [0.2, 0.25) is 0 Å². The van der Waals surface area contributed by atoms with E-state index in [-0.39, 0.29) is 42.4 Å². The monoisotopic (exact) mass is 485 g/mol. The van der Waals surface area contributed by atoms with Crippen molar-refractivity contribution in [2.75, 3.05) is 19.7 Å². The fraction of sp³-hybridized carbons (Fsp3) is 0.350. The van der Waals surface area contributed by atoms with E-state index in [0.717, 1.165) is 17.7 Å². The third-order valence-electron chi connectivity index (χ3n) is 4.29. The van der Waals surface area contributed by atoms with E-state index in [9.17, 15) is 9.50 Å². The molecule has 0 amide bonds. The molecular formula is C20H25FIN3O2. The first-order valence-corrected chi connectivity index (χ1v) is 8.87. The number of aliphatic hydroxyl groups is 1. The van der Waals surface area contributed by atoms with Crippen LogP contribution in [-0.2, 0) is 0 Å². The fourth-order valence-corrected chi connectivity index (χ4v) is 2.95. The normalized spacial score (nSPS) is 17.1. The molecule has 0 bridgehead atoms. The molecule has 2 aromatic carbocycles. The van der Waals surface area contributed by atoms with Gasteiger partial charge in [-0.1, -0.05) is 30.3 Å². The van der Waals surface area contributed by atoms with Gasteiger partial charge in [0, 0.05) is 18.5 Å². The molecule has 0 saturated carbocycles. The third kappa shape index (κ3) is 5.80. The zero-order chi connectivity index (χ0) is 18.4. The molecule has 1 aliphatic rings. The number of benzene rings is 2. The predicted octanol–water partition coefficient (Wildman–Crippen LogP) is 3.56. The van der Waals surface area contributed by atoms with Gasteiger partial charge in [-0.2, -0.15) is 0 Å². The summed E-state index contributed by atoms with van der Waals surface area (Å²) in [5.74, 6) is 1.20. The van der Waals surface area contributed by atoms with Gasteiger partial charge in [-0.15, -0.1) is 24.0 Å². The Morgan fingerprint density at radius 1 is 1.26 bits per heavy atom. The van der Waals surface area contributed by atoms with Crippen molar-refractivity contribution < 1.29 is 14.2 Å². The Morgan fingerprint density at radius 2 is 2.00 bits per heavy atom. The molecule has 5 nitrogen and oxygen atoms in total. The molecule has 0 aromatic heterocycles. The predicted molar refractivity (Wildman–Crippen MR) is 115 cm³/mol. The number of fused-ring (bicyclic) bond motifs is 1. The van der Waals surface area contributed by atoms with Gasteiger partial charge in [0.2, 0.25) is 0 Å². The van der Waals surface area contributed by atoms with Gasteiger partial charge in [0.05, 0.1) is 25.3 Å². The summed E-state index contributed by atoms with van der Waals surface area (Å²) < 4.78 is 18.7. The zero-order valence-electron chi connectivity index (χ0n) is 15.2. The lowest BCUT2D eigenvalue weighted by atomic mass is 10.0. The van der Waals surface area contributed by atoms with Crippen LogP contribution in [-0.4, -0.2) is 30.8 Å². The lowest BCUT2D eigenvalue weighted by Gasteiger charge is -2.28. The van der Waals surface area contributed by atoms with Crippen molar-refractivity contribution in [2.45, 2.75) is 25.5 Å². The molecule has 0 fully saturated rings. The van der Waals surface area contributed by atoms with Crippen LogP contribution in [0.5, 0.6) is 5.75 Å². The van der Waals surface area contributed by atoms with Crippen molar-refractivity contribution in [1.29, 1.82) is 0 Å². The number of guanidine groups is 1. The van der Waals surface area contributed by atoms with E-state index < -0.39 is 6.10 Å².